The molecule has 6 nitrogen and oxygen atoms in total. The third-order valence-corrected chi connectivity index (χ3v) is 9.70. The van der Waals surface area contributed by atoms with Gasteiger partial charge in [0.05, 0.1) is 26.4 Å². The van der Waals surface area contributed by atoms with Crippen LogP contribution in [0.1, 0.15) is 81.1 Å². The van der Waals surface area contributed by atoms with Gasteiger partial charge in [-0.25, -0.2) is 0 Å². The van der Waals surface area contributed by atoms with Gasteiger partial charge in [-0.2, -0.15) is 0 Å². The molecule has 38 heavy (non-hydrogen) atoms. The van der Waals surface area contributed by atoms with Gasteiger partial charge in [-0.05, 0) is 73.0 Å². The van der Waals surface area contributed by atoms with Crippen LogP contribution in [0.25, 0.3) is 0 Å². The van der Waals surface area contributed by atoms with E-state index in [1.807, 2.05) is 0 Å². The Balaban J connectivity index is 0.000000142. The van der Waals surface area contributed by atoms with Crippen molar-refractivity contribution in [2.75, 3.05) is 52.9 Å². The van der Waals surface area contributed by atoms with E-state index >= 15 is 0 Å². The molecule has 6 heterocycles. The lowest BCUT2D eigenvalue weighted by Gasteiger charge is -2.17. The fourth-order valence-electron chi connectivity index (χ4n) is 6.52. The van der Waals surface area contributed by atoms with Crippen LogP contribution in [0, 0.1) is 59.2 Å². The molecule has 0 radical (unpaired) electrons. The van der Waals surface area contributed by atoms with Gasteiger partial charge in [0, 0.05) is 38.3 Å². The van der Waals surface area contributed by atoms with Gasteiger partial charge in [-0.15, -0.1) is 0 Å². The van der Waals surface area contributed by atoms with Crippen molar-refractivity contribution < 1.29 is 28.4 Å². The maximum Gasteiger partial charge on any atom is 0.160 e. The maximum absolute atomic E-state index is 5.53. The molecular formula is C32H60O6. The normalized spacial score (nSPS) is 37.6. The number of fused-ring (bicyclic) bond motifs is 2. The molecule has 0 aliphatic carbocycles. The highest BCUT2D eigenvalue weighted by atomic mass is 16.7. The fourth-order valence-corrected chi connectivity index (χ4v) is 6.52. The smallest absolute Gasteiger partial charge is 0.160 e. The van der Waals surface area contributed by atoms with Crippen LogP contribution in [0.3, 0.4) is 0 Å². The molecule has 0 spiro atoms. The van der Waals surface area contributed by atoms with Gasteiger partial charge >= 0.3 is 0 Å². The molecule has 6 aliphatic rings. The summed E-state index contributed by atoms with van der Waals surface area (Å²) in [5, 5.41) is 0. The molecule has 0 aromatic carbocycles. The summed E-state index contributed by atoms with van der Waals surface area (Å²) in [4.78, 5) is 0. The summed E-state index contributed by atoms with van der Waals surface area (Å²) in [7, 11) is 0. The second-order valence-corrected chi connectivity index (χ2v) is 13.6. The Bertz CT molecular complexity index is 571. The first kappa shape index (κ1) is 32.3. The average molecular weight is 541 g/mol. The van der Waals surface area contributed by atoms with Crippen molar-refractivity contribution in [3.8, 4) is 0 Å². The zero-order valence-electron chi connectivity index (χ0n) is 25.9. The van der Waals surface area contributed by atoms with E-state index in [0.29, 0.717) is 11.8 Å². The van der Waals surface area contributed by atoms with E-state index in [1.165, 1.54) is 25.7 Å². The minimum Gasteiger partial charge on any atom is -0.381 e. The molecule has 0 amide bonds. The van der Waals surface area contributed by atoms with E-state index in [2.05, 4.69) is 55.4 Å². The highest BCUT2D eigenvalue weighted by Gasteiger charge is 2.43. The first-order valence-electron chi connectivity index (χ1n) is 15.8. The average Bonchev–Trinajstić information content (AvgIpc) is 3.71. The lowest BCUT2D eigenvalue weighted by molar-refractivity contribution is -0.0908. The minimum absolute atomic E-state index is 0.141. The summed E-state index contributed by atoms with van der Waals surface area (Å²) in [6.07, 6.45) is 5.24. The second-order valence-electron chi connectivity index (χ2n) is 13.6. The number of hydrogen-bond donors (Lipinski definition) is 0. The second kappa shape index (κ2) is 16.3. The Morgan fingerprint density at radius 3 is 1.08 bits per heavy atom. The van der Waals surface area contributed by atoms with E-state index < -0.39 is 0 Å². The minimum atomic E-state index is 0.141. The summed E-state index contributed by atoms with van der Waals surface area (Å²) >= 11 is 0. The van der Waals surface area contributed by atoms with Crippen LogP contribution in [0.15, 0.2) is 0 Å². The molecule has 6 fully saturated rings. The molecule has 8 atom stereocenters. The lowest BCUT2D eigenvalue weighted by Crippen LogP contribution is -2.19. The van der Waals surface area contributed by atoms with Crippen LogP contribution in [0.4, 0.5) is 0 Å². The zero-order chi connectivity index (χ0) is 27.7. The molecule has 6 rings (SSSR count). The Morgan fingerprint density at radius 2 is 0.816 bits per heavy atom. The summed E-state index contributed by atoms with van der Waals surface area (Å²) < 4.78 is 32.4. The van der Waals surface area contributed by atoms with E-state index in [-0.39, 0.29) is 12.6 Å². The predicted octanol–water partition coefficient (Wildman–Crippen LogP) is 6.66. The SMILES string of the molecule is CC(C)C1CCOC1.CC(C)C1CO[C@H]2OCC[C@@H]12.CC(C)[C@H]1CCOC1.CC(C)[C@H]1CO[C@H]2OCC[C@H]21. The Morgan fingerprint density at radius 1 is 0.421 bits per heavy atom. The van der Waals surface area contributed by atoms with E-state index in [9.17, 15) is 0 Å². The highest BCUT2D eigenvalue weighted by molar-refractivity contribution is 4.85. The summed E-state index contributed by atoms with van der Waals surface area (Å²) in [6.45, 7) is 25.7. The van der Waals surface area contributed by atoms with Crippen LogP contribution < -0.4 is 0 Å². The Hall–Kier alpha value is -0.240. The topological polar surface area (TPSA) is 55.4 Å². The van der Waals surface area contributed by atoms with Gasteiger partial charge < -0.3 is 28.4 Å². The van der Waals surface area contributed by atoms with E-state index in [1.54, 1.807) is 0 Å². The first-order valence-corrected chi connectivity index (χ1v) is 15.8. The van der Waals surface area contributed by atoms with Crippen molar-refractivity contribution in [1.29, 1.82) is 0 Å². The van der Waals surface area contributed by atoms with Crippen molar-refractivity contribution in [3.05, 3.63) is 0 Å². The molecule has 0 aromatic heterocycles. The molecular weight excluding hydrogens is 480 g/mol. The van der Waals surface area contributed by atoms with Crippen LogP contribution in [0.5, 0.6) is 0 Å². The quantitative estimate of drug-likeness (QED) is 0.397. The molecule has 0 bridgehead atoms. The largest absolute Gasteiger partial charge is 0.381 e. The van der Waals surface area contributed by atoms with Gasteiger partial charge in [0.25, 0.3) is 0 Å². The van der Waals surface area contributed by atoms with Crippen molar-refractivity contribution >= 4 is 0 Å². The summed E-state index contributed by atoms with van der Waals surface area (Å²) in [5.41, 5.74) is 0. The number of ether oxygens (including phenoxy) is 6. The third-order valence-electron chi connectivity index (χ3n) is 9.70. The van der Waals surface area contributed by atoms with Crippen molar-refractivity contribution in [1.82, 2.24) is 0 Å². The number of rotatable bonds is 4. The van der Waals surface area contributed by atoms with Crippen LogP contribution >= 0.6 is 0 Å². The molecule has 2 unspecified atom stereocenters. The first-order chi connectivity index (χ1) is 18.2. The Kier molecular flexibility index (Phi) is 13.8. The zero-order valence-corrected chi connectivity index (χ0v) is 25.9. The number of hydrogen-bond acceptors (Lipinski definition) is 6. The van der Waals surface area contributed by atoms with Crippen molar-refractivity contribution in [3.63, 3.8) is 0 Å². The van der Waals surface area contributed by atoms with Gasteiger partial charge in [0.15, 0.2) is 12.6 Å². The van der Waals surface area contributed by atoms with Crippen LogP contribution in [-0.2, 0) is 28.4 Å². The standard InChI is InChI=1S/2C9H16O2.2C7H14O/c2*1-6(2)8-5-11-9-7(8)3-4-10-9;2*1-6(2)7-3-4-8-5-7/h2*6-9H,3-5H2,1-2H3;2*6-7H,3-5H2,1-2H3/t7-,8?,9+;7-,8+,9+;7-;/m000./s1. The highest BCUT2D eigenvalue weighted by Crippen LogP contribution is 2.40. The monoisotopic (exact) mass is 540 g/mol. The Labute approximate surface area is 234 Å². The van der Waals surface area contributed by atoms with Gasteiger partial charge in [0.2, 0.25) is 0 Å². The molecule has 6 aliphatic heterocycles. The maximum atomic E-state index is 5.53. The molecule has 6 heteroatoms. The van der Waals surface area contributed by atoms with Gasteiger partial charge in [-0.3, -0.25) is 0 Å². The summed E-state index contributed by atoms with van der Waals surface area (Å²) in [6, 6.07) is 0. The third kappa shape index (κ3) is 9.41. The van der Waals surface area contributed by atoms with Gasteiger partial charge in [0.1, 0.15) is 0 Å². The molecule has 0 N–H and O–H groups in total. The van der Waals surface area contributed by atoms with Crippen molar-refractivity contribution in [2.24, 2.45) is 59.2 Å². The van der Waals surface area contributed by atoms with Crippen LogP contribution in [0.2, 0.25) is 0 Å². The van der Waals surface area contributed by atoms with Crippen LogP contribution in [-0.4, -0.2) is 65.4 Å². The lowest BCUT2D eigenvalue weighted by atomic mass is 9.85. The molecule has 224 valence electrons. The van der Waals surface area contributed by atoms with E-state index in [4.69, 9.17) is 28.4 Å². The molecule has 0 saturated carbocycles. The van der Waals surface area contributed by atoms with E-state index in [0.717, 1.165) is 100 Å². The van der Waals surface area contributed by atoms with Crippen molar-refractivity contribution in [2.45, 2.75) is 93.7 Å². The summed E-state index contributed by atoms with van der Waals surface area (Å²) in [5.74, 6) is 7.66. The molecule has 0 aromatic rings. The molecule has 6 saturated heterocycles. The predicted molar refractivity (Wildman–Crippen MR) is 152 cm³/mol. The fraction of sp³-hybridized carbons (Fsp3) is 1.00. The van der Waals surface area contributed by atoms with Gasteiger partial charge in [-0.1, -0.05) is 55.4 Å².